The van der Waals surface area contributed by atoms with E-state index in [-0.39, 0.29) is 11.6 Å². The number of rotatable bonds is 3. The zero-order valence-corrected chi connectivity index (χ0v) is 16.1. The van der Waals surface area contributed by atoms with Gasteiger partial charge in [0.25, 0.3) is 0 Å². The molecule has 0 saturated carbocycles. The molecule has 1 saturated heterocycles. The molecule has 0 unspecified atom stereocenters. The standard InChI is InChI=1S/C18H30N2O2S/c1-13-11-15(14(2)23-13)12-19-18(6)7-9-20(10-8-18)16(21)22-17(3,4)5/h11,19H,7-10,12H2,1-6H3. The molecule has 0 atom stereocenters. The molecule has 0 spiro atoms. The quantitative estimate of drug-likeness (QED) is 0.896. The van der Waals surface area contributed by atoms with E-state index >= 15 is 0 Å². The summed E-state index contributed by atoms with van der Waals surface area (Å²) in [6.45, 7) is 14.7. The minimum absolute atomic E-state index is 0.0841. The Morgan fingerprint density at radius 3 is 2.43 bits per heavy atom. The van der Waals surface area contributed by atoms with Gasteiger partial charge in [0.05, 0.1) is 0 Å². The minimum atomic E-state index is -0.426. The highest BCUT2D eigenvalue weighted by molar-refractivity contribution is 7.12. The van der Waals surface area contributed by atoms with Crippen LogP contribution in [0.3, 0.4) is 0 Å². The topological polar surface area (TPSA) is 41.6 Å². The Balaban J connectivity index is 1.85. The van der Waals surface area contributed by atoms with E-state index in [1.165, 1.54) is 15.3 Å². The third-order valence-corrected chi connectivity index (χ3v) is 5.38. The molecule has 130 valence electrons. The molecule has 1 aromatic heterocycles. The van der Waals surface area contributed by atoms with Crippen LogP contribution < -0.4 is 5.32 Å². The van der Waals surface area contributed by atoms with Gasteiger partial charge in [0.1, 0.15) is 5.60 Å². The first-order valence-corrected chi connectivity index (χ1v) is 9.18. The number of carbonyl (C=O) groups excluding carboxylic acids is 1. The monoisotopic (exact) mass is 338 g/mol. The Labute approximate surface area is 144 Å². The van der Waals surface area contributed by atoms with E-state index in [9.17, 15) is 4.79 Å². The van der Waals surface area contributed by atoms with Crippen LogP contribution in [0.15, 0.2) is 6.07 Å². The van der Waals surface area contributed by atoms with Crippen molar-refractivity contribution >= 4 is 17.4 Å². The summed E-state index contributed by atoms with van der Waals surface area (Å²) in [5.74, 6) is 0. The molecule has 0 bridgehead atoms. The Bertz CT molecular complexity index is 552. The molecule has 0 radical (unpaired) electrons. The third-order valence-electron chi connectivity index (χ3n) is 4.37. The largest absolute Gasteiger partial charge is 0.444 e. The van der Waals surface area contributed by atoms with Crippen LogP contribution in [0.2, 0.25) is 0 Å². The number of amides is 1. The fourth-order valence-electron chi connectivity index (χ4n) is 2.85. The molecule has 2 heterocycles. The lowest BCUT2D eigenvalue weighted by atomic mass is 9.89. The predicted molar refractivity (Wildman–Crippen MR) is 96.1 cm³/mol. The molecule has 1 amide bonds. The highest BCUT2D eigenvalue weighted by atomic mass is 32.1. The zero-order chi connectivity index (χ0) is 17.3. The molecule has 23 heavy (non-hydrogen) atoms. The van der Waals surface area contributed by atoms with Gasteiger partial charge in [-0.15, -0.1) is 11.3 Å². The predicted octanol–water partition coefficient (Wildman–Crippen LogP) is 4.24. The molecule has 0 aliphatic carbocycles. The number of hydrogen-bond acceptors (Lipinski definition) is 4. The lowest BCUT2D eigenvalue weighted by Gasteiger charge is -2.40. The van der Waals surface area contributed by atoms with Crippen LogP contribution in [0.1, 0.15) is 55.9 Å². The van der Waals surface area contributed by atoms with Crippen LogP contribution in [0.5, 0.6) is 0 Å². The van der Waals surface area contributed by atoms with E-state index in [0.29, 0.717) is 0 Å². The van der Waals surface area contributed by atoms with Crippen molar-refractivity contribution in [1.82, 2.24) is 10.2 Å². The van der Waals surface area contributed by atoms with Crippen LogP contribution >= 0.6 is 11.3 Å². The van der Waals surface area contributed by atoms with Crippen molar-refractivity contribution in [3.63, 3.8) is 0 Å². The lowest BCUT2D eigenvalue weighted by Crippen LogP contribution is -2.53. The number of likely N-dealkylation sites (tertiary alicyclic amines) is 1. The maximum Gasteiger partial charge on any atom is 0.410 e. The summed E-state index contributed by atoms with van der Waals surface area (Å²) in [7, 11) is 0. The molecular formula is C18H30N2O2S. The first-order chi connectivity index (χ1) is 10.6. The second-order valence-electron chi connectivity index (χ2n) is 7.82. The zero-order valence-electron chi connectivity index (χ0n) is 15.3. The number of nitrogens with one attached hydrogen (secondary N) is 1. The highest BCUT2D eigenvalue weighted by Gasteiger charge is 2.33. The Hall–Kier alpha value is -1.07. The van der Waals surface area contributed by atoms with Gasteiger partial charge >= 0.3 is 6.09 Å². The number of piperidine rings is 1. The van der Waals surface area contributed by atoms with Crippen molar-refractivity contribution in [2.75, 3.05) is 13.1 Å². The van der Waals surface area contributed by atoms with Gasteiger partial charge < -0.3 is 15.0 Å². The van der Waals surface area contributed by atoms with E-state index in [2.05, 4.69) is 32.2 Å². The van der Waals surface area contributed by atoms with E-state index in [1.807, 2.05) is 37.0 Å². The van der Waals surface area contributed by atoms with Crippen LogP contribution in [0.25, 0.3) is 0 Å². The summed E-state index contributed by atoms with van der Waals surface area (Å²) in [5, 5.41) is 3.70. The van der Waals surface area contributed by atoms with Crippen molar-refractivity contribution in [3.05, 3.63) is 21.4 Å². The smallest absolute Gasteiger partial charge is 0.410 e. The number of ether oxygens (including phenoxy) is 1. The number of nitrogens with zero attached hydrogens (tertiary/aromatic N) is 1. The Morgan fingerprint density at radius 2 is 1.96 bits per heavy atom. The maximum atomic E-state index is 12.1. The number of carbonyl (C=O) groups is 1. The van der Waals surface area contributed by atoms with Gasteiger partial charge in [0.2, 0.25) is 0 Å². The van der Waals surface area contributed by atoms with E-state index in [1.54, 1.807) is 0 Å². The highest BCUT2D eigenvalue weighted by Crippen LogP contribution is 2.26. The Kier molecular flexibility index (Phi) is 5.41. The summed E-state index contributed by atoms with van der Waals surface area (Å²) in [5.41, 5.74) is 1.05. The summed E-state index contributed by atoms with van der Waals surface area (Å²) in [6.07, 6.45) is 1.71. The molecule has 1 aliphatic rings. The number of hydrogen-bond donors (Lipinski definition) is 1. The van der Waals surface area contributed by atoms with Crippen molar-refractivity contribution in [2.24, 2.45) is 0 Å². The Morgan fingerprint density at radius 1 is 1.35 bits per heavy atom. The average Bonchev–Trinajstić information content (AvgIpc) is 2.74. The van der Waals surface area contributed by atoms with Gasteiger partial charge in [-0.3, -0.25) is 0 Å². The number of thiophene rings is 1. The molecule has 1 N–H and O–H groups in total. The third kappa shape index (κ3) is 5.21. The van der Waals surface area contributed by atoms with Crippen LogP contribution in [-0.4, -0.2) is 35.2 Å². The van der Waals surface area contributed by atoms with Gasteiger partial charge in [-0.25, -0.2) is 4.79 Å². The van der Waals surface area contributed by atoms with Gasteiger partial charge in [-0.1, -0.05) is 0 Å². The van der Waals surface area contributed by atoms with E-state index in [0.717, 1.165) is 32.5 Å². The fraction of sp³-hybridized carbons (Fsp3) is 0.722. The second-order valence-corrected chi connectivity index (χ2v) is 9.28. The van der Waals surface area contributed by atoms with Gasteiger partial charge in [-0.2, -0.15) is 0 Å². The van der Waals surface area contributed by atoms with Crippen LogP contribution in [0, 0.1) is 13.8 Å². The molecule has 2 rings (SSSR count). The first kappa shape index (κ1) is 18.3. The summed E-state index contributed by atoms with van der Waals surface area (Å²) < 4.78 is 5.46. The fourth-order valence-corrected chi connectivity index (χ4v) is 3.80. The average molecular weight is 339 g/mol. The second kappa shape index (κ2) is 6.81. The van der Waals surface area contributed by atoms with Gasteiger partial charge in [0, 0.05) is 34.9 Å². The van der Waals surface area contributed by atoms with Crippen molar-refractivity contribution in [1.29, 1.82) is 0 Å². The molecule has 0 aromatic carbocycles. The normalized spacial score (nSPS) is 18.1. The van der Waals surface area contributed by atoms with Crippen LogP contribution in [-0.2, 0) is 11.3 Å². The summed E-state index contributed by atoms with van der Waals surface area (Å²) >= 11 is 1.85. The van der Waals surface area contributed by atoms with E-state index < -0.39 is 5.60 Å². The summed E-state index contributed by atoms with van der Waals surface area (Å²) in [4.78, 5) is 16.7. The molecule has 1 aliphatic heterocycles. The minimum Gasteiger partial charge on any atom is -0.444 e. The SMILES string of the molecule is Cc1cc(CNC2(C)CCN(C(=O)OC(C)(C)C)CC2)c(C)s1. The van der Waals surface area contributed by atoms with Crippen LogP contribution in [0.4, 0.5) is 4.79 Å². The first-order valence-electron chi connectivity index (χ1n) is 8.37. The van der Waals surface area contributed by atoms with Crippen molar-refractivity contribution in [2.45, 2.75) is 72.1 Å². The maximum absolute atomic E-state index is 12.1. The summed E-state index contributed by atoms with van der Waals surface area (Å²) in [6, 6.07) is 2.27. The van der Waals surface area contributed by atoms with Gasteiger partial charge in [0.15, 0.2) is 0 Å². The molecule has 4 nitrogen and oxygen atoms in total. The van der Waals surface area contributed by atoms with Crippen molar-refractivity contribution < 1.29 is 9.53 Å². The molecular weight excluding hydrogens is 308 g/mol. The van der Waals surface area contributed by atoms with Crippen molar-refractivity contribution in [3.8, 4) is 0 Å². The van der Waals surface area contributed by atoms with Gasteiger partial charge in [-0.05, 0) is 66.0 Å². The lowest BCUT2D eigenvalue weighted by molar-refractivity contribution is 0.0157. The molecule has 1 fully saturated rings. The number of aryl methyl sites for hydroxylation is 2. The molecule has 1 aromatic rings. The van der Waals surface area contributed by atoms with E-state index in [4.69, 9.17) is 4.74 Å². The molecule has 5 heteroatoms.